The number of anilines is 1. The van der Waals surface area contributed by atoms with Gasteiger partial charge in [0.15, 0.2) is 0 Å². The zero-order chi connectivity index (χ0) is 12.1. The Morgan fingerprint density at radius 3 is 2.81 bits per heavy atom. The summed E-state index contributed by atoms with van der Waals surface area (Å²) >= 11 is 9.20. The molecule has 1 rings (SSSR count). The third-order valence-electron chi connectivity index (χ3n) is 1.87. The Balaban J connectivity index is 2.51. The van der Waals surface area contributed by atoms with E-state index in [0.29, 0.717) is 10.7 Å². The van der Waals surface area contributed by atoms with Crippen molar-refractivity contribution in [1.29, 1.82) is 0 Å². The Morgan fingerprint density at radius 1 is 1.56 bits per heavy atom. The maximum Gasteiger partial charge on any atom is 0.306 e. The second kappa shape index (κ2) is 6.08. The van der Waals surface area contributed by atoms with Crippen LogP contribution in [0.25, 0.3) is 0 Å². The minimum absolute atomic E-state index is 0.146. The first-order valence-corrected chi connectivity index (χ1v) is 5.75. The molecule has 0 aliphatic carbocycles. The van der Waals surface area contributed by atoms with Crippen molar-refractivity contribution in [2.75, 3.05) is 11.9 Å². The van der Waals surface area contributed by atoms with Crippen molar-refractivity contribution >= 4 is 39.2 Å². The molecule has 1 aromatic carbocycles. The van der Waals surface area contributed by atoms with Crippen LogP contribution in [0.15, 0.2) is 22.7 Å². The summed E-state index contributed by atoms with van der Waals surface area (Å²) in [4.78, 5) is 10.3. The highest BCUT2D eigenvalue weighted by Crippen LogP contribution is 2.25. The first kappa shape index (κ1) is 13.3. The molecule has 3 N–H and O–H groups in total. The average Bonchev–Trinajstić information content (AvgIpc) is 2.15. The lowest BCUT2D eigenvalue weighted by Crippen LogP contribution is -2.22. The highest BCUT2D eigenvalue weighted by atomic mass is 79.9. The number of carboxylic acid groups (broad SMARTS) is 1. The zero-order valence-electron chi connectivity index (χ0n) is 8.28. The molecule has 0 spiro atoms. The van der Waals surface area contributed by atoms with Crippen LogP contribution in [0, 0.1) is 0 Å². The number of rotatable bonds is 5. The van der Waals surface area contributed by atoms with Gasteiger partial charge >= 0.3 is 5.97 Å². The maximum absolute atomic E-state index is 10.3. The first-order valence-electron chi connectivity index (χ1n) is 4.58. The van der Waals surface area contributed by atoms with Gasteiger partial charge in [0.05, 0.1) is 23.2 Å². The van der Waals surface area contributed by atoms with E-state index >= 15 is 0 Å². The van der Waals surface area contributed by atoms with E-state index in [1.54, 1.807) is 18.2 Å². The number of aliphatic hydroxyl groups excluding tert-OH is 1. The minimum Gasteiger partial charge on any atom is -0.481 e. The van der Waals surface area contributed by atoms with Gasteiger partial charge in [-0.25, -0.2) is 0 Å². The van der Waals surface area contributed by atoms with Gasteiger partial charge in [0.1, 0.15) is 0 Å². The van der Waals surface area contributed by atoms with Crippen LogP contribution >= 0.6 is 27.5 Å². The van der Waals surface area contributed by atoms with Crippen LogP contribution in [0.3, 0.4) is 0 Å². The van der Waals surface area contributed by atoms with Crippen LogP contribution in [0.5, 0.6) is 0 Å². The summed E-state index contributed by atoms with van der Waals surface area (Å²) in [6.45, 7) is 0.146. The quantitative estimate of drug-likeness (QED) is 0.781. The summed E-state index contributed by atoms with van der Waals surface area (Å²) in [7, 11) is 0. The van der Waals surface area contributed by atoms with Gasteiger partial charge in [0.25, 0.3) is 0 Å². The molecule has 0 aromatic heterocycles. The third-order valence-corrected chi connectivity index (χ3v) is 2.68. The summed E-state index contributed by atoms with van der Waals surface area (Å²) in [5.41, 5.74) is 0.661. The number of benzene rings is 1. The molecule has 1 atom stereocenters. The lowest BCUT2D eigenvalue weighted by molar-refractivity contribution is -0.138. The second-order valence-electron chi connectivity index (χ2n) is 3.26. The lowest BCUT2D eigenvalue weighted by atomic mass is 10.2. The molecule has 0 fully saturated rings. The largest absolute Gasteiger partial charge is 0.481 e. The number of carbonyl (C=O) groups is 1. The van der Waals surface area contributed by atoms with Crippen LogP contribution in [-0.2, 0) is 4.79 Å². The molecule has 0 heterocycles. The van der Waals surface area contributed by atoms with Crippen molar-refractivity contribution < 1.29 is 15.0 Å². The maximum atomic E-state index is 10.3. The Kier molecular flexibility index (Phi) is 5.05. The molecular formula is C10H11BrClNO3. The topological polar surface area (TPSA) is 69.6 Å². The predicted octanol–water partition coefficient (Wildman–Crippen LogP) is 2.35. The van der Waals surface area contributed by atoms with E-state index in [1.165, 1.54) is 0 Å². The summed E-state index contributed by atoms with van der Waals surface area (Å²) in [6.07, 6.45) is -1.22. The average molecular weight is 309 g/mol. The molecule has 0 bridgehead atoms. The lowest BCUT2D eigenvalue weighted by Gasteiger charge is -2.12. The molecule has 4 nitrogen and oxygen atoms in total. The van der Waals surface area contributed by atoms with E-state index < -0.39 is 12.1 Å². The molecule has 1 aromatic rings. The summed E-state index contributed by atoms with van der Waals surface area (Å²) < 4.78 is 0.856. The molecule has 0 saturated heterocycles. The zero-order valence-corrected chi connectivity index (χ0v) is 10.6. The molecule has 0 saturated carbocycles. The van der Waals surface area contributed by atoms with Crippen LogP contribution in [-0.4, -0.2) is 28.8 Å². The number of aliphatic carboxylic acids is 1. The van der Waals surface area contributed by atoms with Gasteiger partial charge in [-0.15, -0.1) is 0 Å². The second-order valence-corrected chi connectivity index (χ2v) is 4.58. The van der Waals surface area contributed by atoms with Crippen molar-refractivity contribution in [2.24, 2.45) is 0 Å². The Bertz CT molecular complexity index is 386. The molecule has 16 heavy (non-hydrogen) atoms. The Labute approximate surface area is 106 Å². The van der Waals surface area contributed by atoms with E-state index in [1.807, 2.05) is 0 Å². The molecule has 0 aliphatic rings. The van der Waals surface area contributed by atoms with Crippen molar-refractivity contribution in [1.82, 2.24) is 0 Å². The highest BCUT2D eigenvalue weighted by Gasteiger charge is 2.09. The van der Waals surface area contributed by atoms with E-state index in [9.17, 15) is 9.90 Å². The Hall–Kier alpha value is -0.780. The SMILES string of the molecule is O=C(O)CC(O)CNc1ccc(Br)cc1Cl. The monoisotopic (exact) mass is 307 g/mol. The predicted molar refractivity (Wildman–Crippen MR) is 65.9 cm³/mol. The van der Waals surface area contributed by atoms with Gasteiger partial charge in [-0.2, -0.15) is 0 Å². The van der Waals surface area contributed by atoms with Crippen LogP contribution in [0.1, 0.15) is 6.42 Å². The van der Waals surface area contributed by atoms with Gasteiger partial charge < -0.3 is 15.5 Å². The number of hydrogen-bond acceptors (Lipinski definition) is 3. The fourth-order valence-corrected chi connectivity index (χ4v) is 1.87. The van der Waals surface area contributed by atoms with Crippen LogP contribution in [0.4, 0.5) is 5.69 Å². The van der Waals surface area contributed by atoms with E-state index in [4.69, 9.17) is 16.7 Å². The van der Waals surface area contributed by atoms with E-state index in [-0.39, 0.29) is 13.0 Å². The van der Waals surface area contributed by atoms with Crippen molar-refractivity contribution in [3.8, 4) is 0 Å². The number of carboxylic acids is 1. The van der Waals surface area contributed by atoms with Crippen molar-refractivity contribution in [2.45, 2.75) is 12.5 Å². The normalized spacial score (nSPS) is 12.2. The fourth-order valence-electron chi connectivity index (χ4n) is 1.13. The molecular weight excluding hydrogens is 297 g/mol. The number of hydrogen-bond donors (Lipinski definition) is 3. The Morgan fingerprint density at radius 2 is 2.25 bits per heavy atom. The molecule has 88 valence electrons. The summed E-state index contributed by atoms with van der Waals surface area (Å²) in [6, 6.07) is 5.27. The van der Waals surface area contributed by atoms with E-state index in [0.717, 1.165) is 4.47 Å². The minimum atomic E-state index is -1.03. The van der Waals surface area contributed by atoms with Crippen LogP contribution < -0.4 is 5.32 Å². The third kappa shape index (κ3) is 4.38. The van der Waals surface area contributed by atoms with Gasteiger partial charge in [-0.1, -0.05) is 27.5 Å². The van der Waals surface area contributed by atoms with Crippen molar-refractivity contribution in [3.05, 3.63) is 27.7 Å². The summed E-state index contributed by atoms with van der Waals surface area (Å²) in [5, 5.41) is 21.2. The highest BCUT2D eigenvalue weighted by molar-refractivity contribution is 9.10. The van der Waals surface area contributed by atoms with E-state index in [2.05, 4.69) is 21.2 Å². The van der Waals surface area contributed by atoms with Gasteiger partial charge in [-0.05, 0) is 18.2 Å². The standard InChI is InChI=1S/C10H11BrClNO3/c11-6-1-2-9(8(12)3-6)13-5-7(14)4-10(15)16/h1-3,7,13-14H,4-5H2,(H,15,16). The van der Waals surface area contributed by atoms with Gasteiger partial charge in [-0.3, -0.25) is 4.79 Å². The number of halogens is 2. The molecule has 0 amide bonds. The molecule has 0 radical (unpaired) electrons. The fraction of sp³-hybridized carbons (Fsp3) is 0.300. The summed E-state index contributed by atoms with van der Waals surface area (Å²) in [5.74, 6) is -1.03. The van der Waals surface area contributed by atoms with Gasteiger partial charge in [0, 0.05) is 11.0 Å². The molecule has 0 aliphatic heterocycles. The molecule has 6 heteroatoms. The van der Waals surface area contributed by atoms with Crippen molar-refractivity contribution in [3.63, 3.8) is 0 Å². The smallest absolute Gasteiger partial charge is 0.306 e. The molecule has 1 unspecified atom stereocenters. The first-order chi connectivity index (χ1) is 7.49. The number of aliphatic hydroxyl groups is 1. The number of nitrogens with one attached hydrogen (secondary N) is 1. The van der Waals surface area contributed by atoms with Gasteiger partial charge in [0.2, 0.25) is 0 Å². The van der Waals surface area contributed by atoms with Crippen LogP contribution in [0.2, 0.25) is 5.02 Å².